The van der Waals surface area contributed by atoms with Crippen molar-refractivity contribution in [1.29, 1.82) is 0 Å². The van der Waals surface area contributed by atoms with Gasteiger partial charge in [-0.25, -0.2) is 0 Å². The van der Waals surface area contributed by atoms with Gasteiger partial charge in [0, 0.05) is 24.3 Å². The van der Waals surface area contributed by atoms with Gasteiger partial charge in [0.15, 0.2) is 0 Å². The van der Waals surface area contributed by atoms with Crippen molar-refractivity contribution in [3.63, 3.8) is 0 Å². The Morgan fingerprint density at radius 3 is 2.38 bits per heavy atom. The van der Waals surface area contributed by atoms with Gasteiger partial charge >= 0.3 is 0 Å². The Balaban J connectivity index is 0.00000243. The molecule has 7 heteroatoms. The average molecular weight is 375 g/mol. The van der Waals surface area contributed by atoms with E-state index < -0.39 is 5.91 Å². The number of carbonyl (C=O) groups excluding carboxylic acids is 2. The van der Waals surface area contributed by atoms with E-state index >= 15 is 0 Å². The molecule has 6 nitrogen and oxygen atoms in total. The minimum absolute atomic E-state index is 0. The van der Waals surface area contributed by atoms with Gasteiger partial charge in [0.05, 0.1) is 17.9 Å². The summed E-state index contributed by atoms with van der Waals surface area (Å²) in [6.45, 7) is 2.03. The van der Waals surface area contributed by atoms with Gasteiger partial charge in [-0.1, -0.05) is 18.2 Å². The number of para-hydroxylation sites is 1. The number of nitrogens with zero attached hydrogens (tertiary/aromatic N) is 1. The summed E-state index contributed by atoms with van der Waals surface area (Å²) >= 11 is 0. The highest BCUT2D eigenvalue weighted by Crippen LogP contribution is 2.30. The molecular weight excluding hydrogens is 352 g/mol. The number of nitrogens with one attached hydrogen (secondary N) is 2. The molecule has 138 valence electrons. The van der Waals surface area contributed by atoms with Gasteiger partial charge in [-0.05, 0) is 43.2 Å². The van der Waals surface area contributed by atoms with E-state index in [-0.39, 0.29) is 24.9 Å². The van der Waals surface area contributed by atoms with Gasteiger partial charge in [0.25, 0.3) is 0 Å². The van der Waals surface area contributed by atoms with Crippen molar-refractivity contribution >= 4 is 41.3 Å². The van der Waals surface area contributed by atoms with Crippen LogP contribution in [0.4, 0.5) is 17.1 Å². The van der Waals surface area contributed by atoms with Crippen molar-refractivity contribution in [2.75, 3.05) is 35.2 Å². The third-order valence-electron chi connectivity index (χ3n) is 4.23. The van der Waals surface area contributed by atoms with Crippen molar-refractivity contribution in [2.45, 2.75) is 12.8 Å². The van der Waals surface area contributed by atoms with E-state index in [1.807, 2.05) is 36.4 Å². The molecule has 0 atom stereocenters. The largest absolute Gasteiger partial charge is 0.376 e. The molecule has 1 fully saturated rings. The number of amides is 2. The topological polar surface area (TPSA) is 87.5 Å². The first-order valence-electron chi connectivity index (χ1n) is 8.41. The van der Waals surface area contributed by atoms with Gasteiger partial charge in [0.2, 0.25) is 11.8 Å². The van der Waals surface area contributed by atoms with Crippen LogP contribution in [0.1, 0.15) is 23.2 Å². The molecule has 4 N–H and O–H groups in total. The number of halogens is 1. The van der Waals surface area contributed by atoms with Crippen LogP contribution >= 0.6 is 12.4 Å². The van der Waals surface area contributed by atoms with Gasteiger partial charge in [0.1, 0.15) is 0 Å². The molecule has 2 aromatic carbocycles. The standard InChI is InChI=1S/C19H22N4O2.ClH/c20-19(25)14-8-9-17(23-10-4-5-11-23)16(12-14)22-18(24)13-21-15-6-2-1-3-7-15;/h1-3,6-9,12,21H,4-5,10-11,13H2,(H2,20,25)(H,22,24);1H. The molecule has 26 heavy (non-hydrogen) atoms. The Labute approximate surface area is 159 Å². The SMILES string of the molecule is Cl.NC(=O)c1ccc(N2CCCC2)c(NC(=O)CNc2ccccc2)c1. The lowest BCUT2D eigenvalue weighted by molar-refractivity contribution is -0.114. The molecule has 0 bridgehead atoms. The molecule has 0 radical (unpaired) electrons. The van der Waals surface area contributed by atoms with Crippen LogP contribution in [0.2, 0.25) is 0 Å². The second kappa shape index (κ2) is 9.10. The Hall–Kier alpha value is -2.73. The molecule has 1 heterocycles. The Morgan fingerprint density at radius 1 is 1.04 bits per heavy atom. The number of nitrogens with two attached hydrogens (primary N) is 1. The minimum atomic E-state index is -0.508. The predicted octanol–water partition coefficient (Wildman–Crippen LogP) is 2.86. The molecule has 3 rings (SSSR count). The van der Waals surface area contributed by atoms with Crippen LogP contribution < -0.4 is 21.3 Å². The lowest BCUT2D eigenvalue weighted by atomic mass is 10.1. The zero-order valence-electron chi connectivity index (χ0n) is 14.4. The van der Waals surface area contributed by atoms with Crippen LogP contribution in [0.3, 0.4) is 0 Å². The molecule has 0 aliphatic carbocycles. The lowest BCUT2D eigenvalue weighted by Gasteiger charge is -2.22. The first kappa shape index (κ1) is 19.6. The fourth-order valence-corrected chi connectivity index (χ4v) is 2.96. The van der Waals surface area contributed by atoms with E-state index in [0.29, 0.717) is 11.3 Å². The van der Waals surface area contributed by atoms with Crippen molar-refractivity contribution in [2.24, 2.45) is 5.73 Å². The quantitative estimate of drug-likeness (QED) is 0.725. The molecule has 2 aromatic rings. The summed E-state index contributed by atoms with van der Waals surface area (Å²) < 4.78 is 0. The first-order valence-corrected chi connectivity index (χ1v) is 8.41. The number of hydrogen-bond donors (Lipinski definition) is 3. The highest BCUT2D eigenvalue weighted by atomic mass is 35.5. The van der Waals surface area contributed by atoms with Gasteiger partial charge in [-0.2, -0.15) is 0 Å². The maximum Gasteiger partial charge on any atom is 0.248 e. The summed E-state index contributed by atoms with van der Waals surface area (Å²) in [5.74, 6) is -0.684. The van der Waals surface area contributed by atoms with Gasteiger partial charge in [-0.15, -0.1) is 12.4 Å². The molecular formula is C19H23ClN4O2. The van der Waals surface area contributed by atoms with Gasteiger partial charge in [-0.3, -0.25) is 9.59 Å². The predicted molar refractivity (Wildman–Crippen MR) is 107 cm³/mol. The molecule has 1 saturated heterocycles. The van der Waals surface area contributed by atoms with E-state index in [9.17, 15) is 9.59 Å². The molecule has 0 unspecified atom stereocenters. The monoisotopic (exact) mass is 374 g/mol. The normalized spacial score (nSPS) is 13.0. The minimum Gasteiger partial charge on any atom is -0.376 e. The molecule has 0 saturated carbocycles. The zero-order chi connectivity index (χ0) is 17.6. The smallest absolute Gasteiger partial charge is 0.248 e. The number of hydrogen-bond acceptors (Lipinski definition) is 4. The number of primary amides is 1. The fourth-order valence-electron chi connectivity index (χ4n) is 2.96. The third kappa shape index (κ3) is 4.89. The third-order valence-corrected chi connectivity index (χ3v) is 4.23. The number of benzene rings is 2. The van der Waals surface area contributed by atoms with E-state index in [1.165, 1.54) is 0 Å². The molecule has 1 aliphatic heterocycles. The second-order valence-corrected chi connectivity index (χ2v) is 6.06. The van der Waals surface area contributed by atoms with Crippen LogP contribution in [0.15, 0.2) is 48.5 Å². The zero-order valence-corrected chi connectivity index (χ0v) is 15.2. The van der Waals surface area contributed by atoms with Crippen LogP contribution in [0.5, 0.6) is 0 Å². The summed E-state index contributed by atoms with van der Waals surface area (Å²) in [7, 11) is 0. The Morgan fingerprint density at radius 2 is 1.73 bits per heavy atom. The van der Waals surface area contributed by atoms with Crippen molar-refractivity contribution in [3.8, 4) is 0 Å². The highest BCUT2D eigenvalue weighted by Gasteiger charge is 2.18. The summed E-state index contributed by atoms with van der Waals surface area (Å²) in [4.78, 5) is 26.0. The fraction of sp³-hybridized carbons (Fsp3) is 0.263. The van der Waals surface area contributed by atoms with Crippen molar-refractivity contribution < 1.29 is 9.59 Å². The number of rotatable bonds is 6. The number of carbonyl (C=O) groups is 2. The maximum atomic E-state index is 12.3. The Bertz CT molecular complexity index is 761. The van der Waals surface area contributed by atoms with E-state index in [0.717, 1.165) is 37.3 Å². The summed E-state index contributed by atoms with van der Waals surface area (Å²) in [5.41, 5.74) is 8.19. The van der Waals surface area contributed by atoms with E-state index in [2.05, 4.69) is 15.5 Å². The molecule has 0 spiro atoms. The molecule has 1 aliphatic rings. The van der Waals surface area contributed by atoms with E-state index in [4.69, 9.17) is 5.73 Å². The van der Waals surface area contributed by atoms with Gasteiger partial charge < -0.3 is 21.3 Å². The molecule has 0 aromatic heterocycles. The highest BCUT2D eigenvalue weighted by molar-refractivity contribution is 6.00. The summed E-state index contributed by atoms with van der Waals surface area (Å²) in [5, 5.41) is 5.98. The molecule has 2 amide bonds. The number of anilines is 3. The summed E-state index contributed by atoms with van der Waals surface area (Å²) in [6.07, 6.45) is 2.25. The Kier molecular flexibility index (Phi) is 6.86. The van der Waals surface area contributed by atoms with Crippen LogP contribution in [-0.4, -0.2) is 31.4 Å². The van der Waals surface area contributed by atoms with Crippen LogP contribution in [0.25, 0.3) is 0 Å². The van der Waals surface area contributed by atoms with Crippen LogP contribution in [-0.2, 0) is 4.79 Å². The van der Waals surface area contributed by atoms with E-state index in [1.54, 1.807) is 12.1 Å². The summed E-state index contributed by atoms with van der Waals surface area (Å²) in [6, 6.07) is 14.7. The van der Waals surface area contributed by atoms with Crippen molar-refractivity contribution in [1.82, 2.24) is 0 Å². The lowest BCUT2D eigenvalue weighted by Crippen LogP contribution is -2.25. The maximum absolute atomic E-state index is 12.3. The average Bonchev–Trinajstić information content (AvgIpc) is 3.15. The van der Waals surface area contributed by atoms with Crippen LogP contribution in [0, 0.1) is 0 Å². The first-order chi connectivity index (χ1) is 12.1. The second-order valence-electron chi connectivity index (χ2n) is 6.06. The van der Waals surface area contributed by atoms with Crippen molar-refractivity contribution in [3.05, 3.63) is 54.1 Å².